The number of phosphoric acid groups is 2. The number of rotatable bonds is 61. The predicted molar refractivity (Wildman–Crippen MR) is 331 cm³/mol. The molecule has 0 spiro atoms. The van der Waals surface area contributed by atoms with Crippen molar-refractivity contribution in [3.8, 4) is 0 Å². The lowest BCUT2D eigenvalue weighted by molar-refractivity contribution is -0.161. The first kappa shape index (κ1) is 81.1. The summed E-state index contributed by atoms with van der Waals surface area (Å²) in [5.41, 5.74) is 0. The summed E-state index contributed by atoms with van der Waals surface area (Å²) in [5.74, 6) is 0.681. The van der Waals surface area contributed by atoms with E-state index < -0.39 is 97.5 Å². The van der Waals surface area contributed by atoms with Crippen LogP contribution >= 0.6 is 15.6 Å². The van der Waals surface area contributed by atoms with Crippen molar-refractivity contribution < 1.29 is 80.2 Å². The van der Waals surface area contributed by atoms with Crippen molar-refractivity contribution in [2.24, 2.45) is 23.7 Å². The van der Waals surface area contributed by atoms with Gasteiger partial charge < -0.3 is 33.8 Å². The van der Waals surface area contributed by atoms with Gasteiger partial charge in [-0.3, -0.25) is 37.3 Å². The Morgan fingerprint density at radius 2 is 0.506 bits per heavy atom. The van der Waals surface area contributed by atoms with Gasteiger partial charge in [0.05, 0.1) is 26.4 Å². The average Bonchev–Trinajstić information content (AvgIpc) is 3.43. The normalized spacial score (nSPS) is 14.4. The van der Waals surface area contributed by atoms with Crippen molar-refractivity contribution in [3.63, 3.8) is 0 Å². The molecule has 0 aliphatic rings. The molecule has 0 amide bonds. The summed E-state index contributed by atoms with van der Waals surface area (Å²) in [6, 6.07) is 0. The van der Waals surface area contributed by atoms with Gasteiger partial charge >= 0.3 is 39.5 Å². The number of carbonyl (C=O) groups excluding carboxylic acids is 4. The van der Waals surface area contributed by atoms with Crippen molar-refractivity contribution >= 4 is 39.5 Å². The van der Waals surface area contributed by atoms with Crippen LogP contribution in [0.2, 0.25) is 0 Å². The fourth-order valence-corrected chi connectivity index (χ4v) is 11.0. The topological polar surface area (TPSA) is 237 Å². The number of aliphatic hydroxyl groups is 1. The largest absolute Gasteiger partial charge is 0.472 e. The third-order valence-corrected chi connectivity index (χ3v) is 16.5. The first-order valence-electron chi connectivity index (χ1n) is 33.2. The molecule has 3 N–H and O–H groups in total. The third-order valence-electron chi connectivity index (χ3n) is 14.6. The molecule has 0 aliphatic carbocycles. The second-order valence-electron chi connectivity index (χ2n) is 25.1. The zero-order valence-electron chi connectivity index (χ0n) is 53.8. The molecule has 492 valence electrons. The SMILES string of the molecule is CC(C)CCCCCCCCCCCCCCC(=O)OC[C@H](COP(=O)(O)OC[C@@H](O)COP(=O)(O)OC[C@@H](COC(=O)CCCCCCCCC(C)C)OC(=O)CCCCCCCCC(C)C)OC(=O)CCCCCCCCCC(C)C. The minimum absolute atomic E-state index is 0.100. The van der Waals surface area contributed by atoms with Crippen LogP contribution < -0.4 is 0 Å². The van der Waals surface area contributed by atoms with Crippen LogP contribution in [0, 0.1) is 23.7 Å². The highest BCUT2D eigenvalue weighted by Gasteiger charge is 2.30. The van der Waals surface area contributed by atoms with Crippen molar-refractivity contribution in [2.75, 3.05) is 39.6 Å². The summed E-state index contributed by atoms with van der Waals surface area (Å²) in [5, 5.41) is 10.5. The first-order chi connectivity index (χ1) is 39.6. The Bertz CT molecular complexity index is 1660. The molecule has 0 rings (SSSR count). The molecular formula is C64H124O17P2. The van der Waals surface area contributed by atoms with Gasteiger partial charge in [0.15, 0.2) is 12.2 Å². The van der Waals surface area contributed by atoms with Gasteiger partial charge in [0.2, 0.25) is 0 Å². The smallest absolute Gasteiger partial charge is 0.462 e. The van der Waals surface area contributed by atoms with E-state index in [2.05, 4.69) is 55.4 Å². The second kappa shape index (κ2) is 54.2. The van der Waals surface area contributed by atoms with Gasteiger partial charge in [0.1, 0.15) is 19.3 Å². The highest BCUT2D eigenvalue weighted by atomic mass is 31.2. The van der Waals surface area contributed by atoms with Crippen molar-refractivity contribution in [1.29, 1.82) is 0 Å². The first-order valence-corrected chi connectivity index (χ1v) is 36.2. The maximum Gasteiger partial charge on any atom is 0.472 e. The van der Waals surface area contributed by atoms with Crippen LogP contribution in [0.5, 0.6) is 0 Å². The Balaban J connectivity index is 5.21. The molecule has 0 fully saturated rings. The molecule has 0 aromatic carbocycles. The fourth-order valence-electron chi connectivity index (χ4n) is 9.43. The van der Waals surface area contributed by atoms with Crippen molar-refractivity contribution in [2.45, 2.75) is 324 Å². The van der Waals surface area contributed by atoms with E-state index in [0.717, 1.165) is 102 Å². The molecule has 83 heavy (non-hydrogen) atoms. The lowest BCUT2D eigenvalue weighted by atomic mass is 10.0. The molecule has 0 saturated heterocycles. The summed E-state index contributed by atoms with van der Waals surface area (Å²) in [6.07, 6.45) is 33.9. The van der Waals surface area contributed by atoms with E-state index in [1.165, 1.54) is 103 Å². The molecule has 19 heteroatoms. The minimum atomic E-state index is -4.95. The summed E-state index contributed by atoms with van der Waals surface area (Å²) in [7, 11) is -9.89. The lowest BCUT2D eigenvalue weighted by Crippen LogP contribution is -2.30. The van der Waals surface area contributed by atoms with E-state index in [-0.39, 0.29) is 25.7 Å². The van der Waals surface area contributed by atoms with Crippen LogP contribution in [-0.2, 0) is 65.4 Å². The number of carbonyl (C=O) groups is 4. The van der Waals surface area contributed by atoms with E-state index >= 15 is 0 Å². The van der Waals surface area contributed by atoms with Crippen LogP contribution in [0.4, 0.5) is 0 Å². The fraction of sp³-hybridized carbons (Fsp3) is 0.938. The molecule has 2 unspecified atom stereocenters. The quantitative estimate of drug-likeness (QED) is 0.0222. The maximum atomic E-state index is 13.0. The molecule has 0 heterocycles. The van der Waals surface area contributed by atoms with E-state index in [4.69, 9.17) is 37.0 Å². The molecule has 0 aliphatic heterocycles. The van der Waals surface area contributed by atoms with Crippen LogP contribution in [-0.4, -0.2) is 96.7 Å². The van der Waals surface area contributed by atoms with E-state index in [1.54, 1.807) is 0 Å². The van der Waals surface area contributed by atoms with Gasteiger partial charge in [-0.1, -0.05) is 254 Å². The number of aliphatic hydroxyl groups excluding tert-OH is 1. The third kappa shape index (κ3) is 58.8. The van der Waals surface area contributed by atoms with E-state index in [0.29, 0.717) is 43.4 Å². The number of unbranched alkanes of at least 4 members (excludes halogenated alkanes) is 27. The Labute approximate surface area is 505 Å². The van der Waals surface area contributed by atoms with Crippen molar-refractivity contribution in [3.05, 3.63) is 0 Å². The summed E-state index contributed by atoms with van der Waals surface area (Å²) in [6.45, 7) is 13.9. The van der Waals surface area contributed by atoms with Crippen LogP contribution in [0.15, 0.2) is 0 Å². The molecule has 0 aromatic rings. The molecule has 17 nitrogen and oxygen atoms in total. The lowest BCUT2D eigenvalue weighted by Gasteiger charge is -2.21. The number of phosphoric ester groups is 2. The molecular weight excluding hydrogens is 1100 g/mol. The molecule has 0 bridgehead atoms. The van der Waals surface area contributed by atoms with Crippen LogP contribution in [0.25, 0.3) is 0 Å². The average molecular weight is 1230 g/mol. The zero-order valence-corrected chi connectivity index (χ0v) is 55.6. The molecule has 0 radical (unpaired) electrons. The number of hydrogen-bond donors (Lipinski definition) is 3. The van der Waals surface area contributed by atoms with Gasteiger partial charge in [0, 0.05) is 25.7 Å². The van der Waals surface area contributed by atoms with Gasteiger partial charge in [-0.05, 0) is 49.4 Å². The number of hydrogen-bond acceptors (Lipinski definition) is 15. The van der Waals surface area contributed by atoms with E-state index in [9.17, 15) is 43.2 Å². The van der Waals surface area contributed by atoms with Crippen LogP contribution in [0.3, 0.4) is 0 Å². The van der Waals surface area contributed by atoms with Gasteiger partial charge in [0.25, 0.3) is 0 Å². The Hall–Kier alpha value is -1.94. The highest BCUT2D eigenvalue weighted by Crippen LogP contribution is 2.45. The van der Waals surface area contributed by atoms with Gasteiger partial charge in [-0.15, -0.1) is 0 Å². The number of esters is 4. The Morgan fingerprint density at radius 1 is 0.301 bits per heavy atom. The monoisotopic (exact) mass is 1230 g/mol. The summed E-state index contributed by atoms with van der Waals surface area (Å²) in [4.78, 5) is 72.1. The van der Waals surface area contributed by atoms with Crippen LogP contribution in [0.1, 0.15) is 306 Å². The molecule has 0 aromatic heterocycles. The Morgan fingerprint density at radius 3 is 0.747 bits per heavy atom. The maximum absolute atomic E-state index is 13.0. The zero-order chi connectivity index (χ0) is 61.8. The minimum Gasteiger partial charge on any atom is -0.462 e. The summed E-state index contributed by atoms with van der Waals surface area (Å²) >= 11 is 0. The van der Waals surface area contributed by atoms with E-state index in [1.807, 2.05) is 0 Å². The van der Waals surface area contributed by atoms with Gasteiger partial charge in [-0.25, -0.2) is 9.13 Å². The number of ether oxygens (including phenoxy) is 4. The molecule has 5 atom stereocenters. The predicted octanol–water partition coefficient (Wildman–Crippen LogP) is 17.4. The molecule has 0 saturated carbocycles. The second-order valence-corrected chi connectivity index (χ2v) is 28.0. The van der Waals surface area contributed by atoms with Gasteiger partial charge in [-0.2, -0.15) is 0 Å². The van der Waals surface area contributed by atoms with Crippen molar-refractivity contribution in [1.82, 2.24) is 0 Å². The highest BCUT2D eigenvalue weighted by molar-refractivity contribution is 7.47. The standard InChI is InChI=1S/C64H124O17P2/c1-54(2)40-32-24-16-13-11-9-10-12-14-18-28-36-44-61(66)74-50-59(80-63(68)46-38-30-19-15-17-25-33-41-55(3)4)52-78-82(70,71)76-48-58(65)49-77-83(72,73)79-53-60(81-64(69)47-39-31-23-21-27-35-43-57(7)8)51-75-62(67)45-37-29-22-20-26-34-42-56(5)6/h54-60,65H,9-53H2,1-8H3,(H,70,71)(H,72,73)/t58-,59-,60-/m1/s1. The summed E-state index contributed by atoms with van der Waals surface area (Å²) < 4.78 is 67.9. The Kier molecular flexibility index (Phi) is 53.0.